The van der Waals surface area contributed by atoms with Gasteiger partial charge in [-0.2, -0.15) is 0 Å². The van der Waals surface area contributed by atoms with E-state index in [1.165, 1.54) is 0 Å². The van der Waals surface area contributed by atoms with Crippen molar-refractivity contribution in [1.82, 2.24) is 0 Å². The van der Waals surface area contributed by atoms with Gasteiger partial charge in [0.15, 0.2) is 0 Å². The molecule has 0 fully saturated rings. The van der Waals surface area contributed by atoms with E-state index in [-0.39, 0.29) is 0 Å². The Morgan fingerprint density at radius 3 is 1.39 bits per heavy atom. The van der Waals surface area contributed by atoms with E-state index in [2.05, 4.69) is 6.92 Å². The summed E-state index contributed by atoms with van der Waals surface area (Å²) >= 11 is 0. The largest absolute Gasteiger partial charge is 0.358 e. The molecule has 0 rings (SSSR count). The molecule has 106 valence electrons. The average molecular weight is 291 g/mol. The summed E-state index contributed by atoms with van der Waals surface area (Å²) in [6, 6.07) is 0. The van der Waals surface area contributed by atoms with Gasteiger partial charge in [0.05, 0.1) is 0 Å². The third-order valence-corrected chi connectivity index (χ3v) is 7.01. The molecule has 0 N–H and O–H groups in total. The molecule has 18 heavy (non-hydrogen) atoms. The molecule has 0 aliphatic rings. The van der Waals surface area contributed by atoms with Crippen molar-refractivity contribution in [3.8, 4) is 0 Å². The van der Waals surface area contributed by atoms with Crippen LogP contribution in [0.1, 0.15) is 33.6 Å². The first kappa shape index (κ1) is 18.3. The Labute approximate surface area is 116 Å². The molecule has 0 heterocycles. The predicted octanol–water partition coefficient (Wildman–Crippen LogP) is 1.87. The van der Waals surface area contributed by atoms with Crippen LogP contribution in [0.5, 0.6) is 0 Å². The Morgan fingerprint density at radius 1 is 0.833 bits per heavy atom. The summed E-state index contributed by atoms with van der Waals surface area (Å²) in [5, 5.41) is 0.491. The molecule has 0 aromatic rings. The normalized spacial score (nSPS) is 13.3. The van der Waals surface area contributed by atoms with E-state index in [9.17, 15) is 0 Å². The van der Waals surface area contributed by atoms with E-state index in [0.29, 0.717) is 24.2 Å². The third kappa shape index (κ3) is 5.94. The molecule has 0 spiro atoms. The maximum Gasteiger partial charge on any atom is 0.143 e. The van der Waals surface area contributed by atoms with Gasteiger partial charge in [-0.1, -0.05) is 19.8 Å². The van der Waals surface area contributed by atoms with Gasteiger partial charge in [-0.3, -0.25) is 0 Å². The number of ether oxygens (including phenoxy) is 4. The van der Waals surface area contributed by atoms with Crippen LogP contribution in [0.4, 0.5) is 0 Å². The van der Waals surface area contributed by atoms with Crippen LogP contribution < -0.4 is 0 Å². The Hall–Kier alpha value is 0.274. The maximum absolute atomic E-state index is 5.46. The summed E-state index contributed by atoms with van der Waals surface area (Å²) in [6.45, 7) is 6.15. The van der Waals surface area contributed by atoms with E-state index >= 15 is 0 Å². The first-order chi connectivity index (χ1) is 8.38. The van der Waals surface area contributed by atoms with Crippen molar-refractivity contribution in [1.29, 1.82) is 0 Å². The number of hydrogen-bond acceptors (Lipinski definition) is 4. The average Bonchev–Trinajstić information content (AvgIpc) is 2.38. The van der Waals surface area contributed by atoms with Crippen LogP contribution >= 0.6 is 0 Å². The molecule has 0 bridgehead atoms. The molecule has 4 radical (unpaired) electrons. The second-order valence-electron chi connectivity index (χ2n) is 4.34. The molecule has 0 saturated heterocycles. The molecule has 0 aromatic heterocycles. The molecule has 6 heteroatoms. The van der Waals surface area contributed by atoms with Gasteiger partial charge in [0, 0.05) is 28.4 Å². The van der Waals surface area contributed by atoms with Crippen LogP contribution in [0, 0.1) is 0 Å². The Balaban J connectivity index is 4.66. The van der Waals surface area contributed by atoms with Crippen LogP contribution in [0.2, 0.25) is 5.16 Å². The summed E-state index contributed by atoms with van der Waals surface area (Å²) in [5.74, 6) is 0. The van der Waals surface area contributed by atoms with E-state index in [0.717, 1.165) is 12.8 Å². The lowest BCUT2D eigenvalue weighted by Crippen LogP contribution is -2.46. The van der Waals surface area contributed by atoms with Crippen LogP contribution in [-0.4, -0.2) is 58.3 Å². The van der Waals surface area contributed by atoms with Crippen molar-refractivity contribution in [2.24, 2.45) is 0 Å². The summed E-state index contributed by atoms with van der Waals surface area (Å²) in [5.41, 5.74) is -1.01. The minimum absolute atomic E-state index is 0.491. The fraction of sp³-hybridized carbons (Fsp3) is 1.00. The quantitative estimate of drug-likeness (QED) is 0.455. The summed E-state index contributed by atoms with van der Waals surface area (Å²) < 4.78 is 21.8. The summed E-state index contributed by atoms with van der Waals surface area (Å²) in [4.78, 5) is 0. The van der Waals surface area contributed by atoms with Crippen molar-refractivity contribution >= 4 is 19.0 Å². The minimum atomic E-state index is -0.505. The van der Waals surface area contributed by atoms with Crippen molar-refractivity contribution in [3.05, 3.63) is 0 Å². The lowest BCUT2D eigenvalue weighted by molar-refractivity contribution is -0.134. The molecular weight excluding hydrogens is 264 g/mol. The Kier molecular flexibility index (Phi) is 8.57. The summed E-state index contributed by atoms with van der Waals surface area (Å²) in [6.07, 6.45) is 2.26. The van der Waals surface area contributed by atoms with Crippen molar-refractivity contribution in [2.45, 2.75) is 49.6 Å². The molecule has 0 atom stereocenters. The molecule has 0 amide bonds. The maximum atomic E-state index is 5.46. The van der Waals surface area contributed by atoms with E-state index in [1.807, 2.05) is 13.8 Å². The van der Waals surface area contributed by atoms with E-state index < -0.39 is 10.8 Å². The fourth-order valence-corrected chi connectivity index (χ4v) is 5.97. The lowest BCUT2D eigenvalue weighted by atomic mass is 10.4. The molecule has 4 nitrogen and oxygen atoms in total. The smallest absolute Gasteiger partial charge is 0.143 e. The summed E-state index contributed by atoms with van der Waals surface area (Å²) in [7, 11) is 7.88. The van der Waals surface area contributed by atoms with Crippen molar-refractivity contribution < 1.29 is 18.9 Å². The zero-order chi connectivity index (χ0) is 14.2. The SMILES string of the molecule is CCCC([Si]C(C)(OC)OC)[Si]C(C)(OC)OC. The first-order valence-corrected chi connectivity index (χ1v) is 8.30. The minimum Gasteiger partial charge on any atom is -0.358 e. The molecule has 0 unspecified atom stereocenters. The predicted molar refractivity (Wildman–Crippen MR) is 75.0 cm³/mol. The van der Waals surface area contributed by atoms with Gasteiger partial charge in [0.1, 0.15) is 29.9 Å². The van der Waals surface area contributed by atoms with E-state index in [1.54, 1.807) is 28.4 Å². The molecule has 0 aliphatic heterocycles. The van der Waals surface area contributed by atoms with Gasteiger partial charge in [0.25, 0.3) is 0 Å². The molecule has 0 saturated carbocycles. The van der Waals surface area contributed by atoms with Gasteiger partial charge in [-0.05, 0) is 19.0 Å². The molecule has 0 aliphatic carbocycles. The highest BCUT2D eigenvalue weighted by molar-refractivity contribution is 6.61. The second-order valence-corrected chi connectivity index (χ2v) is 8.70. The second kappa shape index (κ2) is 8.45. The van der Waals surface area contributed by atoms with Gasteiger partial charge >= 0.3 is 0 Å². The van der Waals surface area contributed by atoms with Gasteiger partial charge in [-0.25, -0.2) is 0 Å². The highest BCUT2D eigenvalue weighted by Gasteiger charge is 2.35. The number of hydrogen-bond donors (Lipinski definition) is 0. The zero-order valence-electron chi connectivity index (χ0n) is 12.6. The Morgan fingerprint density at radius 2 is 1.17 bits per heavy atom. The van der Waals surface area contributed by atoms with Crippen LogP contribution in [0.15, 0.2) is 0 Å². The van der Waals surface area contributed by atoms with Crippen molar-refractivity contribution in [3.63, 3.8) is 0 Å². The number of rotatable bonds is 10. The monoisotopic (exact) mass is 290 g/mol. The van der Waals surface area contributed by atoms with Gasteiger partial charge < -0.3 is 18.9 Å². The van der Waals surface area contributed by atoms with Crippen LogP contribution in [0.3, 0.4) is 0 Å². The van der Waals surface area contributed by atoms with Crippen LogP contribution in [0.25, 0.3) is 0 Å². The first-order valence-electron chi connectivity index (χ1n) is 6.14. The fourth-order valence-electron chi connectivity index (χ4n) is 1.50. The number of methoxy groups -OCH3 is 4. The van der Waals surface area contributed by atoms with Gasteiger partial charge in [-0.15, -0.1) is 0 Å². The third-order valence-electron chi connectivity index (χ3n) is 3.01. The van der Waals surface area contributed by atoms with Crippen LogP contribution in [-0.2, 0) is 18.9 Å². The highest BCUT2D eigenvalue weighted by atomic mass is 28.3. The topological polar surface area (TPSA) is 36.9 Å². The molecular formula is C12H26O4Si2. The van der Waals surface area contributed by atoms with Crippen molar-refractivity contribution in [2.75, 3.05) is 28.4 Å². The Bertz CT molecular complexity index is 198. The zero-order valence-corrected chi connectivity index (χ0v) is 14.6. The lowest BCUT2D eigenvalue weighted by Gasteiger charge is -2.34. The van der Waals surface area contributed by atoms with Gasteiger partial charge in [0.2, 0.25) is 0 Å². The standard InChI is InChI=1S/C12H26O4Si2/c1-8-9-10(17-11(2,13-4)14-5)18-12(3,15-6)16-7/h10H,8-9H2,1-7H3. The highest BCUT2D eigenvalue weighted by Crippen LogP contribution is 2.24. The van der Waals surface area contributed by atoms with E-state index in [4.69, 9.17) is 18.9 Å². The molecule has 0 aromatic carbocycles.